The second-order valence-corrected chi connectivity index (χ2v) is 8.12. The minimum Gasteiger partial charge on any atom is -0.338 e. The monoisotopic (exact) mass is 366 g/mol. The summed E-state index contributed by atoms with van der Waals surface area (Å²) >= 11 is 0. The van der Waals surface area contributed by atoms with Gasteiger partial charge < -0.3 is 4.90 Å². The van der Waals surface area contributed by atoms with Crippen LogP contribution in [0.3, 0.4) is 0 Å². The lowest BCUT2D eigenvalue weighted by Gasteiger charge is -2.33. The molecule has 3 rings (SSSR count). The largest absolute Gasteiger partial charge is 0.338 e. The van der Waals surface area contributed by atoms with Gasteiger partial charge in [-0.1, -0.05) is 0 Å². The van der Waals surface area contributed by atoms with Crippen LogP contribution in [0.2, 0.25) is 0 Å². The molecule has 3 heterocycles. The quantitative estimate of drug-likeness (QED) is 0.745. The normalized spacial score (nSPS) is 16.4. The molecule has 10 heteroatoms. The second-order valence-electron chi connectivity index (χ2n) is 6.22. The summed E-state index contributed by atoms with van der Waals surface area (Å²) in [6.45, 7) is 5.11. The number of piperazine rings is 1. The molecule has 1 aliphatic heterocycles. The van der Waals surface area contributed by atoms with Gasteiger partial charge in [0.25, 0.3) is 0 Å². The first-order valence-corrected chi connectivity index (χ1v) is 9.48. The fourth-order valence-electron chi connectivity index (χ4n) is 2.84. The molecule has 0 saturated carbocycles. The van der Waals surface area contributed by atoms with E-state index in [2.05, 4.69) is 10.2 Å². The number of hydrogen-bond acceptors (Lipinski definition) is 5. The first kappa shape index (κ1) is 17.6. The van der Waals surface area contributed by atoms with E-state index in [0.29, 0.717) is 18.8 Å². The highest BCUT2D eigenvalue weighted by Crippen LogP contribution is 2.20. The van der Waals surface area contributed by atoms with Crippen LogP contribution in [0, 0.1) is 13.8 Å². The van der Waals surface area contributed by atoms with Gasteiger partial charge in [-0.15, -0.1) is 0 Å². The number of rotatable bonds is 4. The smallest absolute Gasteiger partial charge is 0.246 e. The van der Waals surface area contributed by atoms with Crippen LogP contribution in [0.4, 0.5) is 0 Å². The average molecular weight is 366 g/mol. The number of aryl methyl sites for hydroxylation is 2. The molecular formula is C15H22N6O3S. The van der Waals surface area contributed by atoms with E-state index in [1.54, 1.807) is 34.4 Å². The SMILES string of the molecule is Cc1cnn(CC(=O)N2CCN(S(=O)(=O)c3cnn(C)c3C)CC2)c1. The first-order chi connectivity index (χ1) is 11.8. The molecule has 0 aromatic carbocycles. The number of carbonyl (C=O) groups excluding carboxylic acids is 1. The van der Waals surface area contributed by atoms with Gasteiger partial charge >= 0.3 is 0 Å². The van der Waals surface area contributed by atoms with E-state index in [0.717, 1.165) is 5.56 Å². The van der Waals surface area contributed by atoms with Crippen LogP contribution in [-0.2, 0) is 28.4 Å². The molecule has 0 radical (unpaired) electrons. The van der Waals surface area contributed by atoms with Gasteiger partial charge in [0.2, 0.25) is 15.9 Å². The lowest BCUT2D eigenvalue weighted by molar-refractivity contribution is -0.133. The van der Waals surface area contributed by atoms with Crippen LogP contribution in [0.5, 0.6) is 0 Å². The molecule has 1 aliphatic rings. The van der Waals surface area contributed by atoms with Crippen LogP contribution < -0.4 is 0 Å². The summed E-state index contributed by atoms with van der Waals surface area (Å²) in [6, 6.07) is 0. The predicted octanol–water partition coefficient (Wildman–Crippen LogP) is -0.233. The Hall–Kier alpha value is -2.20. The van der Waals surface area contributed by atoms with E-state index < -0.39 is 10.0 Å². The molecule has 0 bridgehead atoms. The van der Waals surface area contributed by atoms with E-state index in [1.807, 2.05) is 13.1 Å². The number of aromatic nitrogens is 4. The van der Waals surface area contributed by atoms with Gasteiger partial charge in [0.05, 0.1) is 18.1 Å². The molecule has 1 saturated heterocycles. The molecule has 0 aliphatic carbocycles. The van der Waals surface area contributed by atoms with Gasteiger partial charge in [-0.2, -0.15) is 14.5 Å². The van der Waals surface area contributed by atoms with E-state index in [1.165, 1.54) is 10.5 Å². The Bertz CT molecular complexity index is 877. The van der Waals surface area contributed by atoms with Crippen LogP contribution in [0.15, 0.2) is 23.5 Å². The highest BCUT2D eigenvalue weighted by molar-refractivity contribution is 7.89. The molecule has 136 valence electrons. The maximum atomic E-state index is 12.7. The van der Waals surface area contributed by atoms with Crippen molar-refractivity contribution in [3.63, 3.8) is 0 Å². The zero-order valence-corrected chi connectivity index (χ0v) is 15.4. The van der Waals surface area contributed by atoms with E-state index in [9.17, 15) is 13.2 Å². The Kier molecular flexibility index (Phi) is 4.65. The third-order valence-corrected chi connectivity index (χ3v) is 6.46. The molecule has 1 amide bonds. The fraction of sp³-hybridized carbons (Fsp3) is 0.533. The van der Waals surface area contributed by atoms with Crippen molar-refractivity contribution in [1.29, 1.82) is 0 Å². The van der Waals surface area contributed by atoms with Crippen molar-refractivity contribution in [3.05, 3.63) is 29.8 Å². The molecule has 9 nitrogen and oxygen atoms in total. The van der Waals surface area contributed by atoms with E-state index in [-0.39, 0.29) is 30.4 Å². The summed E-state index contributed by atoms with van der Waals surface area (Å²) < 4.78 is 30.0. The summed E-state index contributed by atoms with van der Waals surface area (Å²) in [6.07, 6.45) is 4.89. The van der Waals surface area contributed by atoms with E-state index in [4.69, 9.17) is 0 Å². The van der Waals surface area contributed by atoms with Crippen LogP contribution in [-0.4, -0.2) is 69.3 Å². The average Bonchev–Trinajstić information content (AvgIpc) is 3.14. The van der Waals surface area contributed by atoms with Crippen molar-refractivity contribution in [2.24, 2.45) is 7.05 Å². The molecule has 2 aromatic rings. The van der Waals surface area contributed by atoms with Gasteiger partial charge in [-0.05, 0) is 19.4 Å². The number of sulfonamides is 1. The molecule has 1 fully saturated rings. The molecule has 0 spiro atoms. The Morgan fingerprint density at radius 2 is 1.80 bits per heavy atom. The number of nitrogens with zero attached hydrogens (tertiary/aromatic N) is 6. The Balaban J connectivity index is 1.63. The molecule has 25 heavy (non-hydrogen) atoms. The number of amides is 1. The topological polar surface area (TPSA) is 93.3 Å². The minimum atomic E-state index is -3.58. The minimum absolute atomic E-state index is 0.0577. The maximum absolute atomic E-state index is 12.7. The molecule has 0 N–H and O–H groups in total. The lowest BCUT2D eigenvalue weighted by Crippen LogP contribution is -2.51. The molecule has 2 aromatic heterocycles. The van der Waals surface area contributed by atoms with Crippen molar-refractivity contribution >= 4 is 15.9 Å². The maximum Gasteiger partial charge on any atom is 0.246 e. The third-order valence-electron chi connectivity index (χ3n) is 4.46. The standard InChI is InChI=1S/C15H22N6O3S/c1-12-8-17-20(10-12)11-15(22)19-4-6-21(7-5-19)25(23,24)14-9-16-18(3)13(14)2/h8-10H,4-7,11H2,1-3H3. The van der Waals surface area contributed by atoms with Crippen LogP contribution in [0.25, 0.3) is 0 Å². The van der Waals surface area contributed by atoms with Crippen molar-refractivity contribution in [1.82, 2.24) is 28.8 Å². The van der Waals surface area contributed by atoms with Crippen molar-refractivity contribution in [2.45, 2.75) is 25.3 Å². The molecule has 0 atom stereocenters. The molecule has 0 unspecified atom stereocenters. The third kappa shape index (κ3) is 3.45. The summed E-state index contributed by atoms with van der Waals surface area (Å²) in [4.78, 5) is 14.2. The summed E-state index contributed by atoms with van der Waals surface area (Å²) in [5.41, 5.74) is 1.60. The van der Waals surface area contributed by atoms with Crippen LogP contribution in [0.1, 0.15) is 11.3 Å². The van der Waals surface area contributed by atoms with Crippen molar-refractivity contribution in [3.8, 4) is 0 Å². The van der Waals surface area contributed by atoms with Crippen LogP contribution >= 0.6 is 0 Å². The zero-order chi connectivity index (χ0) is 18.2. The lowest BCUT2D eigenvalue weighted by atomic mass is 10.3. The summed E-state index contributed by atoms with van der Waals surface area (Å²) in [5, 5.41) is 8.12. The summed E-state index contributed by atoms with van der Waals surface area (Å²) in [5.74, 6) is -0.0577. The highest BCUT2D eigenvalue weighted by Gasteiger charge is 2.32. The zero-order valence-electron chi connectivity index (χ0n) is 14.6. The Morgan fingerprint density at radius 3 is 2.32 bits per heavy atom. The van der Waals surface area contributed by atoms with Gasteiger partial charge in [-0.25, -0.2) is 8.42 Å². The second kappa shape index (κ2) is 6.60. The fourth-order valence-corrected chi connectivity index (χ4v) is 4.45. The van der Waals surface area contributed by atoms with Gasteiger partial charge in [0.1, 0.15) is 11.4 Å². The first-order valence-electron chi connectivity index (χ1n) is 8.04. The highest BCUT2D eigenvalue weighted by atomic mass is 32.2. The van der Waals surface area contributed by atoms with Gasteiger partial charge in [0.15, 0.2) is 0 Å². The Morgan fingerprint density at radius 1 is 1.12 bits per heavy atom. The Labute approximate surface area is 146 Å². The van der Waals surface area contributed by atoms with Gasteiger partial charge in [0, 0.05) is 39.4 Å². The number of hydrogen-bond donors (Lipinski definition) is 0. The summed E-state index contributed by atoms with van der Waals surface area (Å²) in [7, 11) is -1.87. The molecular weight excluding hydrogens is 344 g/mol. The number of carbonyl (C=O) groups is 1. The van der Waals surface area contributed by atoms with E-state index >= 15 is 0 Å². The predicted molar refractivity (Wildman–Crippen MR) is 90.2 cm³/mol. The van der Waals surface area contributed by atoms with Gasteiger partial charge in [-0.3, -0.25) is 14.2 Å². The van der Waals surface area contributed by atoms with Crippen molar-refractivity contribution < 1.29 is 13.2 Å². The van der Waals surface area contributed by atoms with Crippen molar-refractivity contribution in [2.75, 3.05) is 26.2 Å².